The molecule has 0 aromatic heterocycles. The van der Waals surface area contributed by atoms with E-state index in [0.29, 0.717) is 0 Å². The van der Waals surface area contributed by atoms with E-state index in [-0.39, 0.29) is 5.75 Å². The van der Waals surface area contributed by atoms with Gasteiger partial charge >= 0.3 is 0 Å². The lowest BCUT2D eigenvalue weighted by Crippen LogP contribution is -2.26. The molecule has 0 saturated heterocycles. The first-order chi connectivity index (χ1) is 12.2. The van der Waals surface area contributed by atoms with Crippen molar-refractivity contribution in [2.75, 3.05) is 0 Å². The molecular weight excluding hydrogens is 308 g/mol. The molecule has 5 rings (SSSR count). The molecule has 0 bridgehead atoms. The van der Waals surface area contributed by atoms with Crippen LogP contribution in [0.15, 0.2) is 84.9 Å². The number of fused-ring (bicyclic) bond motifs is 4. The van der Waals surface area contributed by atoms with Crippen molar-refractivity contribution in [1.29, 1.82) is 0 Å². The molecule has 0 fully saturated rings. The van der Waals surface area contributed by atoms with E-state index < -0.39 is 5.60 Å². The van der Waals surface area contributed by atoms with Crippen molar-refractivity contribution < 1.29 is 10.2 Å². The number of phenols is 1. The molecule has 2 N–H and O–H groups in total. The summed E-state index contributed by atoms with van der Waals surface area (Å²) < 4.78 is 0. The quantitative estimate of drug-likeness (QED) is 0.527. The minimum atomic E-state index is -1.27. The van der Waals surface area contributed by atoms with Gasteiger partial charge in [-0.25, -0.2) is 0 Å². The summed E-state index contributed by atoms with van der Waals surface area (Å²) in [6.45, 7) is 0. The number of hydrogen-bond donors (Lipinski definition) is 2. The van der Waals surface area contributed by atoms with Gasteiger partial charge in [-0.1, -0.05) is 60.7 Å². The third-order valence-electron chi connectivity index (χ3n) is 5.15. The maximum Gasteiger partial charge on any atom is 0.141 e. The maximum absolute atomic E-state index is 11.8. The van der Waals surface area contributed by atoms with Crippen LogP contribution in [-0.4, -0.2) is 10.2 Å². The van der Waals surface area contributed by atoms with Crippen LogP contribution < -0.4 is 0 Å². The van der Waals surface area contributed by atoms with Gasteiger partial charge in [0.05, 0.1) is 0 Å². The Kier molecular flexibility index (Phi) is 2.82. The molecule has 0 aliphatic heterocycles. The summed E-state index contributed by atoms with van der Waals surface area (Å²) in [5.74, 6) is 0.158. The summed E-state index contributed by atoms with van der Waals surface area (Å²) in [6, 6.07) is 27.2. The van der Waals surface area contributed by atoms with Crippen LogP contribution in [0.25, 0.3) is 21.9 Å². The van der Waals surface area contributed by atoms with Crippen LogP contribution in [0.5, 0.6) is 5.75 Å². The maximum atomic E-state index is 11.8. The predicted octanol–water partition coefficient (Wildman–Crippen LogP) is 4.81. The average Bonchev–Trinajstić information content (AvgIpc) is 2.90. The third-order valence-corrected chi connectivity index (χ3v) is 5.15. The lowest BCUT2D eigenvalue weighted by molar-refractivity contribution is 0.130. The number of phenolic OH excluding ortho intramolecular Hbond substituents is 1. The number of aromatic hydroxyl groups is 1. The molecule has 1 aliphatic carbocycles. The Bertz CT molecular complexity index is 1120. The summed E-state index contributed by atoms with van der Waals surface area (Å²) in [6.07, 6.45) is 0. The van der Waals surface area contributed by atoms with E-state index in [4.69, 9.17) is 0 Å². The number of hydrogen-bond acceptors (Lipinski definition) is 2. The Morgan fingerprint density at radius 2 is 1.24 bits per heavy atom. The van der Waals surface area contributed by atoms with Gasteiger partial charge in [-0.05, 0) is 51.7 Å². The average molecular weight is 324 g/mol. The minimum Gasteiger partial charge on any atom is -0.508 e. The molecule has 0 spiro atoms. The van der Waals surface area contributed by atoms with Crippen LogP contribution in [0.1, 0.15) is 16.7 Å². The molecular formula is C23H16O2. The van der Waals surface area contributed by atoms with E-state index in [1.165, 1.54) is 0 Å². The number of rotatable bonds is 1. The number of benzene rings is 4. The van der Waals surface area contributed by atoms with Gasteiger partial charge < -0.3 is 10.2 Å². The Hall–Kier alpha value is -3.10. The molecule has 0 saturated carbocycles. The minimum absolute atomic E-state index is 0.158. The normalized spacial score (nSPS) is 18.1. The first kappa shape index (κ1) is 14.3. The van der Waals surface area contributed by atoms with Crippen molar-refractivity contribution in [3.05, 3.63) is 102 Å². The highest BCUT2D eigenvalue weighted by Gasteiger charge is 2.43. The number of aliphatic hydroxyl groups is 1. The molecule has 4 aromatic rings. The zero-order valence-electron chi connectivity index (χ0n) is 13.5. The predicted molar refractivity (Wildman–Crippen MR) is 99.6 cm³/mol. The molecule has 4 aromatic carbocycles. The molecule has 1 atom stereocenters. The molecule has 2 nitrogen and oxygen atoms in total. The SMILES string of the molecule is Oc1ccc2c(c1)C(O)(c1ccccc1)c1cc3ccccc3cc1-2. The van der Waals surface area contributed by atoms with E-state index in [2.05, 4.69) is 24.3 Å². The third kappa shape index (κ3) is 1.89. The highest BCUT2D eigenvalue weighted by atomic mass is 16.3. The van der Waals surface area contributed by atoms with Crippen molar-refractivity contribution in [3.63, 3.8) is 0 Å². The Morgan fingerprint density at radius 3 is 2.00 bits per heavy atom. The summed E-state index contributed by atoms with van der Waals surface area (Å²) in [5, 5.41) is 24.1. The second-order valence-corrected chi connectivity index (χ2v) is 6.55. The van der Waals surface area contributed by atoms with Gasteiger partial charge in [-0.2, -0.15) is 0 Å². The second kappa shape index (κ2) is 4.95. The summed E-state index contributed by atoms with van der Waals surface area (Å²) >= 11 is 0. The van der Waals surface area contributed by atoms with Gasteiger partial charge in [-0.3, -0.25) is 0 Å². The van der Waals surface area contributed by atoms with Crippen molar-refractivity contribution in [1.82, 2.24) is 0 Å². The van der Waals surface area contributed by atoms with Crippen molar-refractivity contribution in [3.8, 4) is 16.9 Å². The summed E-state index contributed by atoms with van der Waals surface area (Å²) in [5.41, 5.74) is 3.09. The van der Waals surface area contributed by atoms with Crippen molar-refractivity contribution >= 4 is 10.8 Å². The van der Waals surface area contributed by atoms with Crippen LogP contribution >= 0.6 is 0 Å². The molecule has 1 aliphatic rings. The van der Waals surface area contributed by atoms with Crippen molar-refractivity contribution in [2.24, 2.45) is 0 Å². The Balaban J connectivity index is 1.92. The monoisotopic (exact) mass is 324 g/mol. The Labute approximate surface area is 145 Å². The standard InChI is InChI=1S/C23H16O2/c24-18-10-11-19-20-12-15-6-4-5-7-16(15)13-21(20)23(25,22(19)14-18)17-8-2-1-3-9-17/h1-14,24-25H. The lowest BCUT2D eigenvalue weighted by atomic mass is 9.83. The largest absolute Gasteiger partial charge is 0.508 e. The van der Waals surface area contributed by atoms with E-state index in [1.54, 1.807) is 12.1 Å². The molecule has 1 unspecified atom stereocenters. The highest BCUT2D eigenvalue weighted by molar-refractivity contribution is 5.94. The zero-order valence-corrected chi connectivity index (χ0v) is 13.5. The smallest absolute Gasteiger partial charge is 0.141 e. The van der Waals surface area contributed by atoms with E-state index in [1.807, 2.05) is 48.5 Å². The molecule has 2 heteroatoms. The topological polar surface area (TPSA) is 40.5 Å². The molecule has 0 amide bonds. The molecule has 25 heavy (non-hydrogen) atoms. The van der Waals surface area contributed by atoms with Crippen LogP contribution in [0.4, 0.5) is 0 Å². The van der Waals surface area contributed by atoms with Crippen molar-refractivity contribution in [2.45, 2.75) is 5.60 Å². The van der Waals surface area contributed by atoms with Crippen LogP contribution in [0.2, 0.25) is 0 Å². The summed E-state index contributed by atoms with van der Waals surface area (Å²) in [4.78, 5) is 0. The fourth-order valence-corrected chi connectivity index (χ4v) is 3.96. The summed E-state index contributed by atoms with van der Waals surface area (Å²) in [7, 11) is 0. The molecule has 120 valence electrons. The molecule has 0 heterocycles. The highest BCUT2D eigenvalue weighted by Crippen LogP contribution is 2.52. The van der Waals surface area contributed by atoms with Crippen LogP contribution in [0.3, 0.4) is 0 Å². The zero-order chi connectivity index (χ0) is 17.0. The van der Waals surface area contributed by atoms with Crippen LogP contribution in [-0.2, 0) is 5.60 Å². The second-order valence-electron chi connectivity index (χ2n) is 6.55. The van der Waals surface area contributed by atoms with Gasteiger partial charge in [0, 0.05) is 11.1 Å². The lowest BCUT2D eigenvalue weighted by Gasteiger charge is -2.26. The van der Waals surface area contributed by atoms with Gasteiger partial charge in [0.1, 0.15) is 11.4 Å². The van der Waals surface area contributed by atoms with Gasteiger partial charge in [0.25, 0.3) is 0 Å². The Morgan fingerprint density at radius 1 is 0.600 bits per heavy atom. The van der Waals surface area contributed by atoms with E-state index in [0.717, 1.165) is 38.6 Å². The van der Waals surface area contributed by atoms with Gasteiger partial charge in [0.2, 0.25) is 0 Å². The first-order valence-electron chi connectivity index (χ1n) is 8.33. The van der Waals surface area contributed by atoms with Crippen LogP contribution in [0, 0.1) is 0 Å². The van der Waals surface area contributed by atoms with E-state index >= 15 is 0 Å². The van der Waals surface area contributed by atoms with Gasteiger partial charge in [0.15, 0.2) is 0 Å². The fourth-order valence-electron chi connectivity index (χ4n) is 3.96. The van der Waals surface area contributed by atoms with E-state index in [9.17, 15) is 10.2 Å². The fraction of sp³-hybridized carbons (Fsp3) is 0.0435. The molecule has 0 radical (unpaired) electrons. The first-order valence-corrected chi connectivity index (χ1v) is 8.33. The van der Waals surface area contributed by atoms with Gasteiger partial charge in [-0.15, -0.1) is 0 Å².